The van der Waals surface area contributed by atoms with Crippen LogP contribution in [0.4, 0.5) is 0 Å². The molecule has 2 aromatic rings. The third kappa shape index (κ3) is 3.03. The Morgan fingerprint density at radius 1 is 1.26 bits per heavy atom. The minimum absolute atomic E-state index is 0.244. The topological polar surface area (TPSA) is 43.8 Å². The Bertz CT molecular complexity index is 558. The quantitative estimate of drug-likeness (QED) is 0.609. The Morgan fingerprint density at radius 2 is 2.05 bits per heavy atom. The molecule has 0 saturated carbocycles. The summed E-state index contributed by atoms with van der Waals surface area (Å²) in [4.78, 5) is 12.0. The van der Waals surface area contributed by atoms with Gasteiger partial charge < -0.3 is 14.0 Å². The fourth-order valence-corrected chi connectivity index (χ4v) is 1.95. The van der Waals surface area contributed by atoms with E-state index in [4.69, 9.17) is 9.47 Å². The minimum Gasteiger partial charge on any atom is -0.456 e. The van der Waals surface area contributed by atoms with Crippen molar-refractivity contribution in [3.63, 3.8) is 0 Å². The van der Waals surface area contributed by atoms with Crippen LogP contribution in [0.3, 0.4) is 0 Å². The Hall–Kier alpha value is -2.07. The molecule has 1 aliphatic rings. The normalized spacial score (nSPS) is 17.2. The number of aromatic nitrogens is 1. The van der Waals surface area contributed by atoms with Crippen LogP contribution in [-0.2, 0) is 22.6 Å². The molecule has 1 aromatic carbocycles. The maximum atomic E-state index is 12.0. The highest BCUT2D eigenvalue weighted by Crippen LogP contribution is 2.15. The summed E-state index contributed by atoms with van der Waals surface area (Å²) in [5.41, 5.74) is 1.56. The van der Waals surface area contributed by atoms with Crippen molar-refractivity contribution in [2.45, 2.75) is 19.3 Å². The molecule has 0 spiro atoms. The Labute approximate surface area is 111 Å². The molecule has 19 heavy (non-hydrogen) atoms. The lowest BCUT2D eigenvalue weighted by Crippen LogP contribution is -2.14. The molecule has 0 N–H and O–H groups in total. The number of hydrogen-bond donors (Lipinski definition) is 0. The summed E-state index contributed by atoms with van der Waals surface area (Å²) in [7, 11) is 0. The summed E-state index contributed by atoms with van der Waals surface area (Å²) in [6.07, 6.45) is 2.12. The molecular weight excluding hydrogens is 242 g/mol. The number of hydrogen-bond acceptors (Lipinski definition) is 3. The lowest BCUT2D eigenvalue weighted by atomic mass is 10.2. The Kier molecular flexibility index (Phi) is 3.33. The van der Waals surface area contributed by atoms with E-state index in [0.29, 0.717) is 18.8 Å². The van der Waals surface area contributed by atoms with Gasteiger partial charge in [-0.1, -0.05) is 30.3 Å². The van der Waals surface area contributed by atoms with Gasteiger partial charge in [0.2, 0.25) is 0 Å². The summed E-state index contributed by atoms with van der Waals surface area (Å²) in [6, 6.07) is 13.3. The fraction of sp³-hybridized carbons (Fsp3) is 0.267. The highest BCUT2D eigenvalue weighted by Gasteiger charge is 2.24. The van der Waals surface area contributed by atoms with Gasteiger partial charge in [0.05, 0.1) is 19.3 Å². The molecule has 1 fully saturated rings. The molecule has 0 bridgehead atoms. The monoisotopic (exact) mass is 257 g/mol. The average Bonchev–Trinajstić information content (AvgIpc) is 3.13. The predicted octanol–water partition coefficient (Wildman–Crippen LogP) is 2.24. The van der Waals surface area contributed by atoms with Crippen molar-refractivity contribution in [3.8, 4) is 0 Å². The largest absolute Gasteiger partial charge is 0.456 e. The number of ether oxygens (including phenoxy) is 2. The van der Waals surface area contributed by atoms with E-state index in [0.717, 1.165) is 12.2 Å². The standard InChI is InChI=1S/C15H15NO3/c17-15(19-10-12-5-2-1-3-6-12)14-7-4-8-16(14)9-13-11-18-13/h1-8,13H,9-11H2/t13-/m1/s1. The Balaban J connectivity index is 1.62. The fourth-order valence-electron chi connectivity index (χ4n) is 1.95. The van der Waals surface area contributed by atoms with Gasteiger partial charge in [0.15, 0.2) is 0 Å². The van der Waals surface area contributed by atoms with Gasteiger partial charge in [-0.2, -0.15) is 0 Å². The van der Waals surface area contributed by atoms with Crippen molar-refractivity contribution in [3.05, 3.63) is 59.9 Å². The van der Waals surface area contributed by atoms with Gasteiger partial charge in [0.25, 0.3) is 0 Å². The second-order valence-corrected chi connectivity index (χ2v) is 4.56. The van der Waals surface area contributed by atoms with E-state index in [-0.39, 0.29) is 12.1 Å². The van der Waals surface area contributed by atoms with Gasteiger partial charge >= 0.3 is 5.97 Å². The van der Waals surface area contributed by atoms with E-state index in [9.17, 15) is 4.79 Å². The van der Waals surface area contributed by atoms with Gasteiger partial charge in [0, 0.05) is 6.20 Å². The second-order valence-electron chi connectivity index (χ2n) is 4.56. The van der Waals surface area contributed by atoms with E-state index in [1.54, 1.807) is 6.07 Å². The lowest BCUT2D eigenvalue weighted by molar-refractivity contribution is 0.0459. The molecule has 1 atom stereocenters. The van der Waals surface area contributed by atoms with Crippen LogP contribution in [0.1, 0.15) is 16.1 Å². The third-order valence-electron chi connectivity index (χ3n) is 3.05. The van der Waals surface area contributed by atoms with Crippen LogP contribution in [0.2, 0.25) is 0 Å². The van der Waals surface area contributed by atoms with Crippen LogP contribution in [0.25, 0.3) is 0 Å². The highest BCUT2D eigenvalue weighted by atomic mass is 16.6. The number of carbonyl (C=O) groups is 1. The van der Waals surface area contributed by atoms with Crippen molar-refractivity contribution < 1.29 is 14.3 Å². The third-order valence-corrected chi connectivity index (χ3v) is 3.05. The van der Waals surface area contributed by atoms with Crippen LogP contribution in [0.5, 0.6) is 0 Å². The van der Waals surface area contributed by atoms with Crippen LogP contribution in [-0.4, -0.2) is 23.2 Å². The Morgan fingerprint density at radius 3 is 2.79 bits per heavy atom. The van der Waals surface area contributed by atoms with E-state index in [2.05, 4.69) is 0 Å². The molecule has 3 rings (SSSR count). The molecule has 0 radical (unpaired) electrons. The highest BCUT2D eigenvalue weighted by molar-refractivity contribution is 5.87. The van der Waals surface area contributed by atoms with E-state index in [1.807, 2.05) is 47.2 Å². The van der Waals surface area contributed by atoms with E-state index >= 15 is 0 Å². The zero-order valence-corrected chi connectivity index (χ0v) is 10.5. The van der Waals surface area contributed by atoms with E-state index < -0.39 is 0 Å². The summed E-state index contributed by atoms with van der Waals surface area (Å²) in [6.45, 7) is 1.78. The van der Waals surface area contributed by atoms with Gasteiger partial charge in [-0.05, 0) is 17.7 Å². The van der Waals surface area contributed by atoms with Gasteiger partial charge in [-0.3, -0.25) is 0 Å². The lowest BCUT2D eigenvalue weighted by Gasteiger charge is -2.08. The zero-order chi connectivity index (χ0) is 13.1. The van der Waals surface area contributed by atoms with Crippen molar-refractivity contribution in [2.24, 2.45) is 0 Å². The number of esters is 1. The van der Waals surface area contributed by atoms with Crippen molar-refractivity contribution in [1.29, 1.82) is 0 Å². The number of rotatable bonds is 5. The van der Waals surface area contributed by atoms with Crippen LogP contribution in [0, 0.1) is 0 Å². The number of benzene rings is 1. The van der Waals surface area contributed by atoms with Gasteiger partial charge in [-0.25, -0.2) is 4.79 Å². The molecule has 0 unspecified atom stereocenters. The van der Waals surface area contributed by atoms with Crippen molar-refractivity contribution in [2.75, 3.05) is 6.61 Å². The first-order valence-electron chi connectivity index (χ1n) is 6.31. The first-order valence-corrected chi connectivity index (χ1v) is 6.31. The number of carbonyl (C=O) groups excluding carboxylic acids is 1. The molecule has 4 nitrogen and oxygen atoms in total. The SMILES string of the molecule is O=C(OCc1ccccc1)c1cccn1C[C@@H]1CO1. The molecule has 4 heteroatoms. The average molecular weight is 257 g/mol. The first kappa shape index (κ1) is 12.0. The summed E-state index contributed by atoms with van der Waals surface area (Å²) >= 11 is 0. The van der Waals surface area contributed by atoms with Crippen LogP contribution in [0.15, 0.2) is 48.7 Å². The van der Waals surface area contributed by atoms with Crippen LogP contribution < -0.4 is 0 Å². The molecule has 1 aromatic heterocycles. The summed E-state index contributed by atoms with van der Waals surface area (Å²) < 4.78 is 12.4. The maximum absolute atomic E-state index is 12.0. The maximum Gasteiger partial charge on any atom is 0.355 e. The molecule has 2 heterocycles. The second kappa shape index (κ2) is 5.28. The number of nitrogens with zero attached hydrogens (tertiary/aromatic N) is 1. The van der Waals surface area contributed by atoms with Gasteiger partial charge in [0.1, 0.15) is 12.3 Å². The molecule has 1 aliphatic heterocycles. The van der Waals surface area contributed by atoms with Crippen LogP contribution >= 0.6 is 0 Å². The molecule has 98 valence electrons. The van der Waals surface area contributed by atoms with Gasteiger partial charge in [-0.15, -0.1) is 0 Å². The number of epoxide rings is 1. The zero-order valence-electron chi connectivity index (χ0n) is 10.5. The predicted molar refractivity (Wildman–Crippen MR) is 69.7 cm³/mol. The molecular formula is C15H15NO3. The smallest absolute Gasteiger partial charge is 0.355 e. The minimum atomic E-state index is -0.297. The molecule has 0 amide bonds. The summed E-state index contributed by atoms with van der Waals surface area (Å²) in [5.74, 6) is -0.297. The van der Waals surface area contributed by atoms with Crippen molar-refractivity contribution in [1.82, 2.24) is 4.57 Å². The first-order chi connectivity index (χ1) is 9.33. The molecule has 0 aliphatic carbocycles. The summed E-state index contributed by atoms with van der Waals surface area (Å²) in [5, 5.41) is 0. The molecule has 1 saturated heterocycles. The van der Waals surface area contributed by atoms with E-state index in [1.165, 1.54) is 0 Å². The van der Waals surface area contributed by atoms with Crippen molar-refractivity contribution >= 4 is 5.97 Å².